The highest BCUT2D eigenvalue weighted by atomic mass is 19.1. The van der Waals surface area contributed by atoms with Crippen LogP contribution in [0.4, 0.5) is 10.1 Å². The van der Waals surface area contributed by atoms with E-state index >= 15 is 0 Å². The Bertz CT molecular complexity index is 633. The molecule has 5 nitrogen and oxygen atoms in total. The molecular weight excluding hydrogens is 297 g/mol. The third kappa shape index (κ3) is 3.99. The molecular formula is C17H20FN3O2. The number of nitrogens with zero attached hydrogens (tertiary/aromatic N) is 2. The fraction of sp³-hybridized carbons (Fsp3) is 0.529. The summed E-state index contributed by atoms with van der Waals surface area (Å²) in [4.78, 5) is 13.0. The molecule has 0 saturated heterocycles. The van der Waals surface area contributed by atoms with E-state index < -0.39 is 11.8 Å². The van der Waals surface area contributed by atoms with Crippen LogP contribution in [-0.2, 0) is 4.79 Å². The van der Waals surface area contributed by atoms with Crippen LogP contribution in [0, 0.1) is 23.1 Å². The third-order valence-corrected chi connectivity index (χ3v) is 4.62. The highest BCUT2D eigenvalue weighted by Gasteiger charge is 2.37. The van der Waals surface area contributed by atoms with E-state index in [9.17, 15) is 9.18 Å². The van der Waals surface area contributed by atoms with Gasteiger partial charge in [-0.1, -0.05) is 0 Å². The van der Waals surface area contributed by atoms with Crippen molar-refractivity contribution >= 4 is 11.7 Å². The summed E-state index contributed by atoms with van der Waals surface area (Å²) in [6, 6.07) is 6.71. The molecule has 1 aromatic rings. The van der Waals surface area contributed by atoms with Gasteiger partial charge in [0, 0.05) is 18.6 Å². The SMILES string of the molecule is N#Cc1ccc(NC2CC(N(CC(=O)O)CC3CC3)C2)c(F)c1. The van der Waals surface area contributed by atoms with Gasteiger partial charge in [0.05, 0.1) is 23.9 Å². The summed E-state index contributed by atoms with van der Waals surface area (Å²) in [6.07, 6.45) is 4.03. The number of nitriles is 1. The molecule has 0 aromatic heterocycles. The van der Waals surface area contributed by atoms with Gasteiger partial charge in [-0.3, -0.25) is 9.69 Å². The van der Waals surface area contributed by atoms with E-state index in [-0.39, 0.29) is 18.6 Å². The van der Waals surface area contributed by atoms with Gasteiger partial charge in [0.15, 0.2) is 0 Å². The second-order valence-corrected chi connectivity index (χ2v) is 6.54. The quantitative estimate of drug-likeness (QED) is 0.808. The number of carboxylic acid groups (broad SMARTS) is 1. The zero-order chi connectivity index (χ0) is 16.4. The van der Waals surface area contributed by atoms with Gasteiger partial charge in [0.1, 0.15) is 5.82 Å². The number of hydrogen-bond donors (Lipinski definition) is 2. The molecule has 0 aliphatic heterocycles. The molecule has 0 unspecified atom stereocenters. The number of hydrogen-bond acceptors (Lipinski definition) is 4. The smallest absolute Gasteiger partial charge is 0.317 e. The molecule has 0 spiro atoms. The molecule has 23 heavy (non-hydrogen) atoms. The van der Waals surface area contributed by atoms with Crippen molar-refractivity contribution in [3.63, 3.8) is 0 Å². The molecule has 2 aliphatic carbocycles. The first-order chi connectivity index (χ1) is 11.0. The van der Waals surface area contributed by atoms with Crippen molar-refractivity contribution in [2.24, 2.45) is 5.92 Å². The molecule has 122 valence electrons. The minimum absolute atomic E-state index is 0.0825. The van der Waals surface area contributed by atoms with Crippen LogP contribution in [0.25, 0.3) is 0 Å². The van der Waals surface area contributed by atoms with Gasteiger partial charge in [-0.2, -0.15) is 5.26 Å². The van der Waals surface area contributed by atoms with Crippen LogP contribution in [0.1, 0.15) is 31.2 Å². The molecule has 0 bridgehead atoms. The summed E-state index contributed by atoms with van der Waals surface area (Å²) >= 11 is 0. The van der Waals surface area contributed by atoms with Gasteiger partial charge >= 0.3 is 5.97 Å². The number of aliphatic carboxylic acids is 1. The number of anilines is 1. The van der Waals surface area contributed by atoms with E-state index in [1.165, 1.54) is 18.9 Å². The molecule has 2 aliphatic rings. The Morgan fingerprint density at radius 3 is 2.74 bits per heavy atom. The van der Waals surface area contributed by atoms with Crippen molar-refractivity contribution in [1.82, 2.24) is 4.90 Å². The van der Waals surface area contributed by atoms with Gasteiger partial charge in [0.25, 0.3) is 0 Å². The van der Waals surface area contributed by atoms with Crippen LogP contribution in [0.3, 0.4) is 0 Å². The maximum atomic E-state index is 13.9. The van der Waals surface area contributed by atoms with Crippen molar-refractivity contribution in [1.29, 1.82) is 5.26 Å². The van der Waals surface area contributed by atoms with Crippen LogP contribution in [0.2, 0.25) is 0 Å². The summed E-state index contributed by atoms with van der Waals surface area (Å²) in [5.74, 6) is -0.564. The van der Waals surface area contributed by atoms with E-state index in [2.05, 4.69) is 5.32 Å². The van der Waals surface area contributed by atoms with Crippen LogP contribution in [0.5, 0.6) is 0 Å². The predicted molar refractivity (Wildman–Crippen MR) is 83.5 cm³/mol. The lowest BCUT2D eigenvalue weighted by Gasteiger charge is -2.43. The second-order valence-electron chi connectivity index (χ2n) is 6.54. The van der Waals surface area contributed by atoms with Crippen molar-refractivity contribution in [3.8, 4) is 6.07 Å². The molecule has 0 radical (unpaired) electrons. The van der Waals surface area contributed by atoms with Crippen LogP contribution in [-0.4, -0.2) is 41.1 Å². The highest BCUT2D eigenvalue weighted by molar-refractivity contribution is 5.69. The maximum Gasteiger partial charge on any atom is 0.317 e. The normalized spacial score (nSPS) is 23.2. The summed E-state index contributed by atoms with van der Waals surface area (Å²) in [6.45, 7) is 0.939. The van der Waals surface area contributed by atoms with Crippen molar-refractivity contribution in [2.45, 2.75) is 37.8 Å². The molecule has 3 rings (SSSR count). The zero-order valence-electron chi connectivity index (χ0n) is 12.8. The van der Waals surface area contributed by atoms with E-state index in [1.807, 2.05) is 11.0 Å². The van der Waals surface area contributed by atoms with Crippen molar-refractivity contribution in [2.75, 3.05) is 18.4 Å². The lowest BCUT2D eigenvalue weighted by atomic mass is 9.85. The average molecular weight is 317 g/mol. The van der Waals surface area contributed by atoms with Gasteiger partial charge in [-0.25, -0.2) is 4.39 Å². The Labute approximate surface area is 134 Å². The molecule has 2 fully saturated rings. The topological polar surface area (TPSA) is 76.4 Å². The predicted octanol–water partition coefficient (Wildman–Crippen LogP) is 2.44. The molecule has 2 saturated carbocycles. The second kappa shape index (κ2) is 6.55. The van der Waals surface area contributed by atoms with Gasteiger partial charge in [0.2, 0.25) is 0 Å². The zero-order valence-corrected chi connectivity index (χ0v) is 12.8. The number of nitrogens with one attached hydrogen (secondary N) is 1. The Morgan fingerprint density at radius 2 is 2.17 bits per heavy atom. The van der Waals surface area contributed by atoms with E-state index in [4.69, 9.17) is 10.4 Å². The number of carbonyl (C=O) groups is 1. The molecule has 0 heterocycles. The maximum absolute atomic E-state index is 13.9. The molecule has 6 heteroatoms. The Morgan fingerprint density at radius 1 is 1.43 bits per heavy atom. The fourth-order valence-corrected chi connectivity index (χ4v) is 3.07. The third-order valence-electron chi connectivity index (χ3n) is 4.62. The number of halogens is 1. The summed E-state index contributed by atoms with van der Waals surface area (Å²) in [7, 11) is 0. The Balaban J connectivity index is 1.53. The van der Waals surface area contributed by atoms with Crippen LogP contribution < -0.4 is 5.32 Å². The average Bonchev–Trinajstić information content (AvgIpc) is 3.26. The first kappa shape index (κ1) is 15.8. The van der Waals surface area contributed by atoms with Gasteiger partial charge in [-0.15, -0.1) is 0 Å². The highest BCUT2D eigenvalue weighted by Crippen LogP contribution is 2.35. The largest absolute Gasteiger partial charge is 0.480 e. The number of benzene rings is 1. The van der Waals surface area contributed by atoms with Gasteiger partial charge < -0.3 is 10.4 Å². The minimum Gasteiger partial charge on any atom is -0.480 e. The minimum atomic E-state index is -0.791. The molecule has 2 N–H and O–H groups in total. The first-order valence-electron chi connectivity index (χ1n) is 7.97. The van der Waals surface area contributed by atoms with Crippen LogP contribution in [0.15, 0.2) is 18.2 Å². The standard InChI is InChI=1S/C17H20FN3O2/c18-15-5-12(8-19)3-4-16(15)20-13-6-14(7-13)21(10-17(22)23)9-11-1-2-11/h3-5,11,13-14,20H,1-2,6-7,9-10H2,(H,22,23). The molecule has 0 amide bonds. The summed E-state index contributed by atoms with van der Waals surface area (Å²) in [5.41, 5.74) is 0.705. The monoisotopic (exact) mass is 317 g/mol. The van der Waals surface area contributed by atoms with Gasteiger partial charge in [-0.05, 0) is 49.8 Å². The fourth-order valence-electron chi connectivity index (χ4n) is 3.07. The van der Waals surface area contributed by atoms with Crippen molar-refractivity contribution < 1.29 is 14.3 Å². The molecule has 0 atom stereocenters. The number of carboxylic acids is 1. The van der Waals surface area contributed by atoms with Crippen molar-refractivity contribution in [3.05, 3.63) is 29.6 Å². The first-order valence-corrected chi connectivity index (χ1v) is 7.97. The van der Waals surface area contributed by atoms with E-state index in [0.29, 0.717) is 17.2 Å². The lowest BCUT2D eigenvalue weighted by molar-refractivity contribution is -0.139. The number of rotatable bonds is 7. The van der Waals surface area contributed by atoms with Crippen LogP contribution >= 0.6 is 0 Å². The molecule has 1 aromatic carbocycles. The Hall–Kier alpha value is -2.13. The Kier molecular flexibility index (Phi) is 4.49. The van der Waals surface area contributed by atoms with E-state index in [1.54, 1.807) is 12.1 Å². The van der Waals surface area contributed by atoms with E-state index in [0.717, 1.165) is 19.4 Å². The lowest BCUT2D eigenvalue weighted by Crippen LogP contribution is -2.52. The summed E-state index contributed by atoms with van der Waals surface area (Å²) < 4.78 is 13.9. The summed E-state index contributed by atoms with van der Waals surface area (Å²) in [5, 5.41) is 20.9.